The van der Waals surface area contributed by atoms with Gasteiger partial charge in [0.2, 0.25) is 5.82 Å². The zero-order valence-corrected chi connectivity index (χ0v) is 26.2. The van der Waals surface area contributed by atoms with E-state index in [0.29, 0.717) is 53.1 Å². The summed E-state index contributed by atoms with van der Waals surface area (Å²) in [5, 5.41) is 7.28. The molecule has 0 amide bonds. The molecule has 0 spiro atoms. The molecular formula is C30H16Br2Cl3N3O3. The number of hydrogen-bond acceptors (Lipinski definition) is 5. The summed E-state index contributed by atoms with van der Waals surface area (Å²) in [6, 6.07) is 23.1. The van der Waals surface area contributed by atoms with E-state index in [0.717, 1.165) is 15.4 Å². The van der Waals surface area contributed by atoms with Gasteiger partial charge in [0.1, 0.15) is 17.9 Å². The maximum Gasteiger partial charge on any atom is 0.282 e. The first-order valence-corrected chi connectivity index (χ1v) is 14.8. The normalized spacial score (nSPS) is 11.6. The van der Waals surface area contributed by atoms with E-state index in [4.69, 9.17) is 48.9 Å². The summed E-state index contributed by atoms with van der Waals surface area (Å²) in [7, 11) is 0. The third-order valence-corrected chi connectivity index (χ3v) is 8.08. The fourth-order valence-corrected chi connectivity index (χ4v) is 6.04. The van der Waals surface area contributed by atoms with Crippen molar-refractivity contribution in [3.05, 3.63) is 124 Å². The first-order chi connectivity index (χ1) is 19.8. The van der Waals surface area contributed by atoms with Gasteiger partial charge in [0.15, 0.2) is 5.76 Å². The number of aromatic nitrogens is 2. The predicted octanol–water partition coefficient (Wildman–Crippen LogP) is 9.76. The standard InChI is InChI=1S/C30H16Br2Cl3N3O3/c31-19-6-8-26-17(9-19)11-27(41-26)29-37-25-4-2-1-3-22(25)30(39)38(29)36-14-18-10-21(34)12-23(32)28(18)40-15-16-5-7-20(33)13-24(16)35/h1-14H,15H2. The van der Waals surface area contributed by atoms with Crippen molar-refractivity contribution < 1.29 is 9.15 Å². The lowest BCUT2D eigenvalue weighted by molar-refractivity contribution is 0.304. The van der Waals surface area contributed by atoms with Crippen LogP contribution in [-0.4, -0.2) is 15.9 Å². The number of furan rings is 1. The van der Waals surface area contributed by atoms with Crippen molar-refractivity contribution in [2.75, 3.05) is 0 Å². The van der Waals surface area contributed by atoms with Crippen molar-refractivity contribution in [2.45, 2.75) is 6.61 Å². The molecule has 0 saturated carbocycles. The number of para-hydroxylation sites is 1. The van der Waals surface area contributed by atoms with Gasteiger partial charge >= 0.3 is 0 Å². The Morgan fingerprint density at radius 3 is 2.61 bits per heavy atom. The maximum atomic E-state index is 13.7. The fourth-order valence-electron chi connectivity index (χ4n) is 4.25. The van der Waals surface area contributed by atoms with E-state index >= 15 is 0 Å². The van der Waals surface area contributed by atoms with Gasteiger partial charge in [-0.1, -0.05) is 68.9 Å². The average Bonchev–Trinajstić information content (AvgIpc) is 3.36. The number of fused-ring (bicyclic) bond motifs is 2. The minimum Gasteiger partial charge on any atom is -0.487 e. The topological polar surface area (TPSA) is 69.6 Å². The molecule has 0 unspecified atom stereocenters. The van der Waals surface area contributed by atoms with Crippen LogP contribution in [0.25, 0.3) is 33.5 Å². The van der Waals surface area contributed by atoms with Crippen LogP contribution >= 0.6 is 66.7 Å². The molecule has 0 aliphatic heterocycles. The van der Waals surface area contributed by atoms with Crippen molar-refractivity contribution in [3.8, 4) is 17.3 Å². The molecule has 6 nitrogen and oxygen atoms in total. The Morgan fingerprint density at radius 2 is 1.78 bits per heavy atom. The summed E-state index contributed by atoms with van der Waals surface area (Å²) in [6.45, 7) is 0.161. The van der Waals surface area contributed by atoms with Crippen molar-refractivity contribution in [1.29, 1.82) is 0 Å². The highest BCUT2D eigenvalue weighted by molar-refractivity contribution is 9.10. The summed E-state index contributed by atoms with van der Waals surface area (Å²) < 4.78 is 14.9. The van der Waals surface area contributed by atoms with Crippen LogP contribution in [0.5, 0.6) is 5.75 Å². The van der Waals surface area contributed by atoms with Crippen LogP contribution in [0.3, 0.4) is 0 Å². The van der Waals surface area contributed by atoms with E-state index in [1.165, 1.54) is 10.9 Å². The van der Waals surface area contributed by atoms with Gasteiger partial charge in [-0.15, -0.1) is 0 Å². The van der Waals surface area contributed by atoms with Crippen molar-refractivity contribution in [1.82, 2.24) is 9.66 Å². The monoisotopic (exact) mass is 729 g/mol. The highest BCUT2D eigenvalue weighted by Gasteiger charge is 2.17. The minimum absolute atomic E-state index is 0.161. The molecule has 11 heteroatoms. The number of benzene rings is 4. The summed E-state index contributed by atoms with van der Waals surface area (Å²) in [5.41, 5.74) is 2.08. The molecule has 0 N–H and O–H groups in total. The van der Waals surface area contributed by atoms with E-state index in [-0.39, 0.29) is 18.0 Å². The smallest absolute Gasteiger partial charge is 0.282 e. The molecule has 0 aliphatic carbocycles. The molecule has 2 aromatic heterocycles. The number of rotatable bonds is 6. The second-order valence-electron chi connectivity index (χ2n) is 8.94. The molecule has 0 aliphatic rings. The quantitative estimate of drug-likeness (QED) is 0.160. The van der Waals surface area contributed by atoms with Gasteiger partial charge < -0.3 is 9.15 Å². The van der Waals surface area contributed by atoms with Crippen molar-refractivity contribution >= 4 is 94.7 Å². The molecule has 0 saturated heterocycles. The zero-order valence-electron chi connectivity index (χ0n) is 20.7. The molecule has 6 aromatic rings. The van der Waals surface area contributed by atoms with Gasteiger partial charge in [-0.25, -0.2) is 4.98 Å². The molecule has 2 heterocycles. The SMILES string of the molecule is O=c1c2ccccc2nc(-c2cc3cc(Br)ccc3o2)n1N=Cc1cc(Cl)cc(Br)c1OCc1ccc(Cl)cc1Cl. The molecule has 0 radical (unpaired) electrons. The lowest BCUT2D eigenvalue weighted by Crippen LogP contribution is -2.20. The van der Waals surface area contributed by atoms with Gasteiger partial charge in [0, 0.05) is 36.1 Å². The molecule has 0 bridgehead atoms. The van der Waals surface area contributed by atoms with Gasteiger partial charge in [-0.05, 0) is 76.6 Å². The Kier molecular flexibility index (Phi) is 7.94. The van der Waals surface area contributed by atoms with Gasteiger partial charge in [0.05, 0.1) is 21.6 Å². The molecule has 4 aromatic carbocycles. The van der Waals surface area contributed by atoms with Crippen LogP contribution in [0.2, 0.25) is 15.1 Å². The molecule has 6 rings (SSSR count). The van der Waals surface area contributed by atoms with Gasteiger partial charge in [0.25, 0.3) is 5.56 Å². The fraction of sp³-hybridized carbons (Fsp3) is 0.0333. The van der Waals surface area contributed by atoms with E-state index < -0.39 is 0 Å². The number of hydrogen-bond donors (Lipinski definition) is 0. The van der Waals surface area contributed by atoms with E-state index in [2.05, 4.69) is 37.0 Å². The maximum absolute atomic E-state index is 13.7. The summed E-state index contributed by atoms with van der Waals surface area (Å²) >= 11 is 25.8. The zero-order chi connectivity index (χ0) is 28.7. The lowest BCUT2D eigenvalue weighted by Gasteiger charge is -2.13. The lowest BCUT2D eigenvalue weighted by atomic mass is 10.2. The molecule has 204 valence electrons. The minimum atomic E-state index is -0.361. The second-order valence-corrected chi connectivity index (χ2v) is 12.0. The Balaban J connectivity index is 1.46. The van der Waals surface area contributed by atoms with Crippen molar-refractivity contribution in [3.63, 3.8) is 0 Å². The number of ether oxygens (including phenoxy) is 1. The average molecular weight is 733 g/mol. The molecule has 0 fully saturated rings. The Labute approximate surface area is 265 Å². The van der Waals surface area contributed by atoms with Gasteiger partial charge in [-0.2, -0.15) is 9.78 Å². The predicted molar refractivity (Wildman–Crippen MR) is 172 cm³/mol. The third kappa shape index (κ3) is 5.80. The van der Waals surface area contributed by atoms with Crippen LogP contribution in [0.1, 0.15) is 11.1 Å². The number of halogens is 5. The van der Waals surface area contributed by atoms with Crippen LogP contribution in [-0.2, 0) is 6.61 Å². The van der Waals surface area contributed by atoms with Crippen LogP contribution in [0.4, 0.5) is 0 Å². The van der Waals surface area contributed by atoms with E-state index in [9.17, 15) is 4.79 Å². The van der Waals surface area contributed by atoms with Crippen molar-refractivity contribution in [2.24, 2.45) is 5.10 Å². The third-order valence-electron chi connectivity index (χ3n) is 6.19. The molecule has 41 heavy (non-hydrogen) atoms. The highest BCUT2D eigenvalue weighted by Crippen LogP contribution is 2.34. The van der Waals surface area contributed by atoms with Crippen LogP contribution in [0, 0.1) is 0 Å². The van der Waals surface area contributed by atoms with Crippen LogP contribution in [0.15, 0.2) is 102 Å². The first kappa shape index (κ1) is 28.0. The molecule has 0 atom stereocenters. The highest BCUT2D eigenvalue weighted by atomic mass is 79.9. The molecular weight excluding hydrogens is 717 g/mol. The summed E-state index contributed by atoms with van der Waals surface area (Å²) in [4.78, 5) is 18.4. The Morgan fingerprint density at radius 1 is 0.951 bits per heavy atom. The van der Waals surface area contributed by atoms with Gasteiger partial charge in [-0.3, -0.25) is 4.79 Å². The first-order valence-electron chi connectivity index (χ1n) is 12.1. The van der Waals surface area contributed by atoms with E-state index in [1.807, 2.05) is 30.3 Å². The summed E-state index contributed by atoms with van der Waals surface area (Å²) in [6.07, 6.45) is 1.50. The second kappa shape index (κ2) is 11.6. The summed E-state index contributed by atoms with van der Waals surface area (Å²) in [5.74, 6) is 1.09. The Hall–Kier alpha value is -3.14. The van der Waals surface area contributed by atoms with Crippen LogP contribution < -0.4 is 10.3 Å². The van der Waals surface area contributed by atoms with E-state index in [1.54, 1.807) is 48.5 Å². The Bertz CT molecular complexity index is 2060. The number of nitrogens with zero attached hydrogens (tertiary/aromatic N) is 3. The largest absolute Gasteiger partial charge is 0.487 e.